The highest BCUT2D eigenvalue weighted by Crippen LogP contribution is 2.38. The van der Waals surface area contributed by atoms with Crippen LogP contribution in [0.15, 0.2) is 65.1 Å². The predicted molar refractivity (Wildman–Crippen MR) is 94.1 cm³/mol. The zero-order valence-electron chi connectivity index (χ0n) is 14.4. The molecule has 3 heteroatoms. The number of allylic oxidation sites excluding steroid dienone is 4. The van der Waals surface area contributed by atoms with Gasteiger partial charge in [-0.15, -0.1) is 0 Å². The Balaban J connectivity index is 1.93. The molecule has 0 saturated heterocycles. The molecule has 2 aliphatic rings. The number of hydrogen-bond acceptors (Lipinski definition) is 3. The van der Waals surface area contributed by atoms with Crippen molar-refractivity contribution in [2.75, 3.05) is 7.11 Å². The number of rotatable bonds is 5. The smallest absolute Gasteiger partial charge is 0.220 e. The van der Waals surface area contributed by atoms with Gasteiger partial charge in [-0.25, -0.2) is 0 Å². The zero-order chi connectivity index (χ0) is 16.9. The minimum atomic E-state index is -0.0664. The van der Waals surface area contributed by atoms with Crippen molar-refractivity contribution < 1.29 is 14.3 Å². The number of benzene rings is 1. The first-order chi connectivity index (χ1) is 11.7. The van der Waals surface area contributed by atoms with Crippen molar-refractivity contribution in [3.05, 3.63) is 70.7 Å². The maximum absolute atomic E-state index is 12.7. The molecular weight excluding hydrogens is 300 g/mol. The van der Waals surface area contributed by atoms with Gasteiger partial charge in [-0.1, -0.05) is 43.3 Å². The van der Waals surface area contributed by atoms with Crippen molar-refractivity contribution in [2.24, 2.45) is 5.92 Å². The lowest BCUT2D eigenvalue weighted by Gasteiger charge is -2.20. The average molecular weight is 324 g/mol. The molecule has 1 aromatic rings. The SMILES string of the molecule is COC(=C1CC1)/C1=C(\OCc2ccccc2)C(=O)/C=C\C(C)CC1. The predicted octanol–water partition coefficient (Wildman–Crippen LogP) is 4.71. The highest BCUT2D eigenvalue weighted by molar-refractivity contribution is 6.03. The summed E-state index contributed by atoms with van der Waals surface area (Å²) in [6.45, 7) is 2.52. The molecule has 3 nitrogen and oxygen atoms in total. The summed E-state index contributed by atoms with van der Waals surface area (Å²) in [4.78, 5) is 12.7. The summed E-state index contributed by atoms with van der Waals surface area (Å²) in [5, 5.41) is 0. The molecule has 0 amide bonds. The number of carbonyl (C=O) groups is 1. The van der Waals surface area contributed by atoms with Gasteiger partial charge in [0.05, 0.1) is 7.11 Å². The minimum absolute atomic E-state index is 0.0664. The quantitative estimate of drug-likeness (QED) is 0.736. The molecule has 24 heavy (non-hydrogen) atoms. The second-order valence-corrected chi connectivity index (χ2v) is 6.46. The van der Waals surface area contributed by atoms with Gasteiger partial charge in [0.25, 0.3) is 0 Å². The molecule has 0 aromatic heterocycles. The molecule has 1 unspecified atom stereocenters. The molecular formula is C21H24O3. The lowest BCUT2D eigenvalue weighted by atomic mass is 9.94. The van der Waals surface area contributed by atoms with Crippen LogP contribution in [0.25, 0.3) is 0 Å². The Labute approximate surface area is 143 Å². The molecule has 1 fully saturated rings. The molecule has 2 aliphatic carbocycles. The van der Waals surface area contributed by atoms with Crippen LogP contribution in [-0.2, 0) is 20.9 Å². The first kappa shape index (κ1) is 16.6. The van der Waals surface area contributed by atoms with Crippen molar-refractivity contribution in [1.29, 1.82) is 0 Å². The molecule has 0 aliphatic heterocycles. The largest absolute Gasteiger partial charge is 0.496 e. The Morgan fingerprint density at radius 1 is 1.17 bits per heavy atom. The molecule has 0 spiro atoms. The van der Waals surface area contributed by atoms with Gasteiger partial charge in [-0.2, -0.15) is 0 Å². The lowest BCUT2D eigenvalue weighted by Crippen LogP contribution is -2.13. The zero-order valence-corrected chi connectivity index (χ0v) is 14.4. The van der Waals surface area contributed by atoms with E-state index in [1.165, 1.54) is 5.57 Å². The highest BCUT2D eigenvalue weighted by Gasteiger charge is 2.27. The van der Waals surface area contributed by atoms with E-state index in [0.29, 0.717) is 18.3 Å². The number of ketones is 1. The monoisotopic (exact) mass is 324 g/mol. The fourth-order valence-corrected chi connectivity index (χ4v) is 2.93. The van der Waals surface area contributed by atoms with Gasteiger partial charge in [0.2, 0.25) is 5.78 Å². The van der Waals surface area contributed by atoms with E-state index in [4.69, 9.17) is 9.47 Å². The average Bonchev–Trinajstić information content (AvgIpc) is 3.42. The second-order valence-electron chi connectivity index (χ2n) is 6.46. The molecule has 1 aromatic carbocycles. The Bertz CT molecular complexity index is 689. The molecule has 0 bridgehead atoms. The van der Waals surface area contributed by atoms with Gasteiger partial charge in [0.1, 0.15) is 12.4 Å². The first-order valence-corrected chi connectivity index (χ1v) is 8.58. The Kier molecular flexibility index (Phi) is 5.19. The van der Waals surface area contributed by atoms with Crippen molar-refractivity contribution in [1.82, 2.24) is 0 Å². The topological polar surface area (TPSA) is 35.5 Å². The van der Waals surface area contributed by atoms with Crippen LogP contribution in [0.3, 0.4) is 0 Å². The molecule has 0 N–H and O–H groups in total. The Hall–Kier alpha value is -2.29. The van der Waals surface area contributed by atoms with E-state index in [2.05, 4.69) is 6.92 Å². The molecule has 0 radical (unpaired) electrons. The van der Waals surface area contributed by atoms with E-state index in [1.54, 1.807) is 13.2 Å². The summed E-state index contributed by atoms with van der Waals surface area (Å²) in [6.07, 6.45) is 7.51. The van der Waals surface area contributed by atoms with Gasteiger partial charge in [-0.05, 0) is 48.8 Å². The van der Waals surface area contributed by atoms with Crippen molar-refractivity contribution in [3.8, 4) is 0 Å². The number of carbonyl (C=O) groups excluding carboxylic acids is 1. The minimum Gasteiger partial charge on any atom is -0.496 e. The Morgan fingerprint density at radius 2 is 1.92 bits per heavy atom. The number of ether oxygens (including phenoxy) is 2. The van der Waals surface area contributed by atoms with Gasteiger partial charge in [-0.3, -0.25) is 4.79 Å². The second kappa shape index (κ2) is 7.52. The van der Waals surface area contributed by atoms with E-state index in [0.717, 1.165) is 42.6 Å². The van der Waals surface area contributed by atoms with Crippen LogP contribution in [0.4, 0.5) is 0 Å². The van der Waals surface area contributed by atoms with Crippen LogP contribution in [0.2, 0.25) is 0 Å². The van der Waals surface area contributed by atoms with E-state index in [1.807, 2.05) is 36.4 Å². The van der Waals surface area contributed by atoms with Crippen molar-refractivity contribution in [2.45, 2.75) is 39.2 Å². The number of methoxy groups -OCH3 is 1. The van der Waals surface area contributed by atoms with E-state index >= 15 is 0 Å². The van der Waals surface area contributed by atoms with Crippen molar-refractivity contribution in [3.63, 3.8) is 0 Å². The van der Waals surface area contributed by atoms with Gasteiger partial charge in [0, 0.05) is 5.57 Å². The number of hydrogen-bond donors (Lipinski definition) is 0. The Morgan fingerprint density at radius 3 is 2.58 bits per heavy atom. The molecule has 0 heterocycles. The summed E-state index contributed by atoms with van der Waals surface area (Å²) in [5.41, 5.74) is 3.27. The van der Waals surface area contributed by atoms with Crippen LogP contribution >= 0.6 is 0 Å². The maximum Gasteiger partial charge on any atom is 0.220 e. The van der Waals surface area contributed by atoms with Gasteiger partial charge < -0.3 is 9.47 Å². The first-order valence-electron chi connectivity index (χ1n) is 8.58. The molecule has 1 saturated carbocycles. The normalized spacial score (nSPS) is 24.8. The standard InChI is InChI=1S/C21H24O3/c1-15-8-12-18(20(23-2)17-10-11-17)21(19(22)13-9-15)24-14-16-6-4-3-5-7-16/h3-7,9,13,15H,8,10-12,14H2,1-2H3/b13-9-,21-18-. The summed E-state index contributed by atoms with van der Waals surface area (Å²) in [6, 6.07) is 9.93. The van der Waals surface area contributed by atoms with E-state index in [-0.39, 0.29) is 5.78 Å². The van der Waals surface area contributed by atoms with Crippen LogP contribution in [0, 0.1) is 5.92 Å². The molecule has 3 rings (SSSR count). The summed E-state index contributed by atoms with van der Waals surface area (Å²) >= 11 is 0. The van der Waals surface area contributed by atoms with Crippen LogP contribution < -0.4 is 0 Å². The fraction of sp³-hybridized carbons (Fsp3) is 0.381. The summed E-state index contributed by atoms with van der Waals surface area (Å²) in [5.74, 6) is 1.62. The van der Waals surface area contributed by atoms with Gasteiger partial charge >= 0.3 is 0 Å². The van der Waals surface area contributed by atoms with E-state index < -0.39 is 0 Å². The third-order valence-corrected chi connectivity index (χ3v) is 4.45. The molecule has 1 atom stereocenters. The van der Waals surface area contributed by atoms with Gasteiger partial charge in [0.15, 0.2) is 5.76 Å². The van der Waals surface area contributed by atoms with Crippen LogP contribution in [0.5, 0.6) is 0 Å². The maximum atomic E-state index is 12.7. The van der Waals surface area contributed by atoms with E-state index in [9.17, 15) is 4.79 Å². The highest BCUT2D eigenvalue weighted by atomic mass is 16.5. The fourth-order valence-electron chi connectivity index (χ4n) is 2.93. The third kappa shape index (κ3) is 3.97. The van der Waals surface area contributed by atoms with Crippen molar-refractivity contribution >= 4 is 5.78 Å². The lowest BCUT2D eigenvalue weighted by molar-refractivity contribution is -0.115. The van der Waals surface area contributed by atoms with Crippen LogP contribution in [-0.4, -0.2) is 12.9 Å². The van der Waals surface area contributed by atoms with Crippen LogP contribution in [0.1, 0.15) is 38.2 Å². The summed E-state index contributed by atoms with van der Waals surface area (Å²) < 4.78 is 11.6. The third-order valence-electron chi connectivity index (χ3n) is 4.45. The molecule has 126 valence electrons. The summed E-state index contributed by atoms with van der Waals surface area (Å²) in [7, 11) is 1.69.